The van der Waals surface area contributed by atoms with Crippen molar-refractivity contribution in [3.63, 3.8) is 0 Å². The maximum Gasteiger partial charge on any atom is 0.119 e. The number of unbranched alkanes of at least 4 members (excludes halogenated alkanes) is 3. The Morgan fingerprint density at radius 3 is 2.14 bits per heavy atom. The fourth-order valence-corrected chi connectivity index (χ4v) is 2.24. The molecule has 0 saturated heterocycles. The summed E-state index contributed by atoms with van der Waals surface area (Å²) in [6.07, 6.45) is 6.48. The monoisotopic (exact) mass is 291 g/mol. The second-order valence-corrected chi connectivity index (χ2v) is 5.20. The highest BCUT2D eigenvalue weighted by molar-refractivity contribution is 5.64. The highest BCUT2D eigenvalue weighted by Gasteiger charge is 1.99. The first-order valence-corrected chi connectivity index (χ1v) is 7.68. The van der Waals surface area contributed by atoms with E-state index in [9.17, 15) is 0 Å². The third-order valence-corrected chi connectivity index (χ3v) is 3.52. The predicted molar refractivity (Wildman–Crippen MR) is 90.8 cm³/mol. The van der Waals surface area contributed by atoms with Gasteiger partial charge >= 0.3 is 0 Å². The van der Waals surface area contributed by atoms with E-state index in [1.165, 1.54) is 12.8 Å². The van der Waals surface area contributed by atoms with E-state index >= 15 is 0 Å². The normalized spacial score (nSPS) is 9.95. The van der Waals surface area contributed by atoms with Crippen molar-refractivity contribution in [2.75, 3.05) is 6.61 Å². The zero-order valence-corrected chi connectivity index (χ0v) is 12.8. The van der Waals surface area contributed by atoms with Crippen molar-refractivity contribution in [1.29, 1.82) is 5.26 Å². The van der Waals surface area contributed by atoms with Gasteiger partial charge in [0, 0.05) is 0 Å². The van der Waals surface area contributed by atoms with Crippen molar-refractivity contribution in [1.82, 2.24) is 0 Å². The van der Waals surface area contributed by atoms with E-state index in [1.54, 1.807) is 0 Å². The van der Waals surface area contributed by atoms with Crippen LogP contribution in [0.2, 0.25) is 0 Å². The van der Waals surface area contributed by atoms with Gasteiger partial charge in [-0.25, -0.2) is 0 Å². The maximum atomic E-state index is 8.81. The quantitative estimate of drug-likeness (QED) is 0.485. The van der Waals surface area contributed by atoms with E-state index in [2.05, 4.69) is 24.8 Å². The van der Waals surface area contributed by atoms with Crippen LogP contribution in [-0.4, -0.2) is 6.61 Å². The number of hydrogen-bond acceptors (Lipinski definition) is 2. The minimum atomic E-state index is 0.681. The predicted octanol–water partition coefficient (Wildman–Crippen LogP) is 5.35. The molecule has 0 N–H and O–H groups in total. The fourth-order valence-electron chi connectivity index (χ4n) is 2.24. The number of allylic oxidation sites excluding steroid dienone is 1. The molecule has 2 nitrogen and oxygen atoms in total. The average Bonchev–Trinajstić information content (AvgIpc) is 2.59. The Hall–Kier alpha value is -2.53. The summed E-state index contributed by atoms with van der Waals surface area (Å²) in [5, 5.41) is 8.81. The van der Waals surface area contributed by atoms with Crippen molar-refractivity contribution < 1.29 is 4.74 Å². The van der Waals surface area contributed by atoms with Gasteiger partial charge in [0.05, 0.1) is 18.2 Å². The minimum Gasteiger partial charge on any atom is -0.494 e. The molecule has 2 aromatic rings. The van der Waals surface area contributed by atoms with Gasteiger partial charge in [-0.3, -0.25) is 0 Å². The Morgan fingerprint density at radius 2 is 1.55 bits per heavy atom. The molecule has 2 heteroatoms. The Morgan fingerprint density at radius 1 is 0.909 bits per heavy atom. The van der Waals surface area contributed by atoms with Gasteiger partial charge in [-0.15, -0.1) is 6.58 Å². The van der Waals surface area contributed by atoms with Crippen LogP contribution >= 0.6 is 0 Å². The lowest BCUT2D eigenvalue weighted by molar-refractivity contribution is 0.305. The molecule has 0 radical (unpaired) electrons. The van der Waals surface area contributed by atoms with Crippen LogP contribution in [0.15, 0.2) is 61.2 Å². The highest BCUT2D eigenvalue weighted by atomic mass is 16.5. The summed E-state index contributed by atoms with van der Waals surface area (Å²) in [5.74, 6) is 0.904. The molecule has 0 amide bonds. The zero-order valence-electron chi connectivity index (χ0n) is 12.8. The number of ether oxygens (including phenoxy) is 1. The smallest absolute Gasteiger partial charge is 0.119 e. The molecular weight excluding hydrogens is 270 g/mol. The molecule has 0 fully saturated rings. The van der Waals surface area contributed by atoms with E-state index in [4.69, 9.17) is 10.00 Å². The lowest BCUT2D eigenvalue weighted by Gasteiger charge is -2.07. The van der Waals surface area contributed by atoms with Crippen LogP contribution in [0.4, 0.5) is 0 Å². The number of benzene rings is 2. The average molecular weight is 291 g/mol. The molecule has 0 heterocycles. The molecule has 0 aromatic heterocycles. The topological polar surface area (TPSA) is 33.0 Å². The third-order valence-electron chi connectivity index (χ3n) is 3.52. The summed E-state index contributed by atoms with van der Waals surface area (Å²) < 4.78 is 5.74. The molecule has 0 unspecified atom stereocenters. The van der Waals surface area contributed by atoms with Crippen LogP contribution in [0.1, 0.15) is 31.2 Å². The Labute approximate surface area is 132 Å². The second-order valence-electron chi connectivity index (χ2n) is 5.20. The molecule has 0 bridgehead atoms. The Balaban J connectivity index is 1.84. The molecular formula is C20H21NO. The van der Waals surface area contributed by atoms with Crippen LogP contribution in [0.3, 0.4) is 0 Å². The van der Waals surface area contributed by atoms with Gasteiger partial charge in [-0.1, -0.05) is 30.3 Å². The second kappa shape index (κ2) is 8.69. The van der Waals surface area contributed by atoms with E-state index in [0.29, 0.717) is 5.56 Å². The number of nitriles is 1. The molecule has 112 valence electrons. The van der Waals surface area contributed by atoms with E-state index in [0.717, 1.165) is 36.3 Å². The standard InChI is InChI=1S/C20H21NO/c1-2-3-4-5-6-15-22-20-13-11-19(12-14-20)18-9-7-17(16-21)8-10-18/h2,7-14H,1,3-6,15H2. The van der Waals surface area contributed by atoms with Crippen LogP contribution in [0.25, 0.3) is 11.1 Å². The zero-order chi connectivity index (χ0) is 15.6. The van der Waals surface area contributed by atoms with Gasteiger partial charge in [0.2, 0.25) is 0 Å². The Bertz CT molecular complexity index is 620. The minimum absolute atomic E-state index is 0.681. The summed E-state index contributed by atoms with van der Waals surface area (Å²) in [6, 6.07) is 17.8. The van der Waals surface area contributed by atoms with Crippen LogP contribution < -0.4 is 4.74 Å². The first-order valence-electron chi connectivity index (χ1n) is 7.68. The summed E-state index contributed by atoms with van der Waals surface area (Å²) >= 11 is 0. The van der Waals surface area contributed by atoms with Crippen LogP contribution in [0.5, 0.6) is 5.75 Å². The summed E-state index contributed by atoms with van der Waals surface area (Å²) in [6.45, 7) is 4.48. The molecule has 22 heavy (non-hydrogen) atoms. The lowest BCUT2D eigenvalue weighted by Crippen LogP contribution is -1.97. The fraction of sp³-hybridized carbons (Fsp3) is 0.250. The van der Waals surface area contributed by atoms with Crippen molar-refractivity contribution in [3.05, 3.63) is 66.7 Å². The van der Waals surface area contributed by atoms with E-state index in [1.807, 2.05) is 42.5 Å². The lowest BCUT2D eigenvalue weighted by atomic mass is 10.0. The SMILES string of the molecule is C=CCCCCCOc1ccc(-c2ccc(C#N)cc2)cc1. The van der Waals surface area contributed by atoms with Crippen molar-refractivity contribution >= 4 is 0 Å². The summed E-state index contributed by atoms with van der Waals surface area (Å²) in [4.78, 5) is 0. The van der Waals surface area contributed by atoms with E-state index in [-0.39, 0.29) is 0 Å². The first-order chi connectivity index (χ1) is 10.8. The van der Waals surface area contributed by atoms with Gasteiger partial charge < -0.3 is 4.74 Å². The Kier molecular flexibility index (Phi) is 6.26. The summed E-state index contributed by atoms with van der Waals surface area (Å²) in [5.41, 5.74) is 2.91. The molecule has 0 spiro atoms. The number of hydrogen-bond donors (Lipinski definition) is 0. The van der Waals surface area contributed by atoms with Gasteiger partial charge in [-0.2, -0.15) is 5.26 Å². The van der Waals surface area contributed by atoms with Gasteiger partial charge in [0.25, 0.3) is 0 Å². The van der Waals surface area contributed by atoms with Gasteiger partial charge in [0.15, 0.2) is 0 Å². The van der Waals surface area contributed by atoms with Crippen molar-refractivity contribution in [2.24, 2.45) is 0 Å². The number of rotatable bonds is 8. The molecule has 0 saturated carbocycles. The van der Waals surface area contributed by atoms with E-state index < -0.39 is 0 Å². The van der Waals surface area contributed by atoms with Crippen molar-refractivity contribution in [3.8, 4) is 22.9 Å². The number of nitrogens with zero attached hydrogens (tertiary/aromatic N) is 1. The third kappa shape index (κ3) is 4.79. The molecule has 2 rings (SSSR count). The molecule has 0 atom stereocenters. The maximum absolute atomic E-state index is 8.81. The molecule has 0 aliphatic heterocycles. The van der Waals surface area contributed by atoms with Crippen LogP contribution in [-0.2, 0) is 0 Å². The molecule has 0 aliphatic rings. The molecule has 2 aromatic carbocycles. The summed E-state index contributed by atoms with van der Waals surface area (Å²) in [7, 11) is 0. The first kappa shape index (κ1) is 15.9. The molecule has 0 aliphatic carbocycles. The van der Waals surface area contributed by atoms with Crippen molar-refractivity contribution in [2.45, 2.75) is 25.7 Å². The largest absolute Gasteiger partial charge is 0.494 e. The highest BCUT2D eigenvalue weighted by Crippen LogP contribution is 2.23. The van der Waals surface area contributed by atoms with Gasteiger partial charge in [0.1, 0.15) is 5.75 Å². The van der Waals surface area contributed by atoms with Gasteiger partial charge in [-0.05, 0) is 61.1 Å². The van der Waals surface area contributed by atoms with Crippen LogP contribution in [0, 0.1) is 11.3 Å².